The standard InChI is InChI=1S/C18H14ClNOS2/c1-11-5-3-6-12(2)16(11)20-17(21)15(23-18(20)22)10-13-7-4-8-14(19)9-13/h3-10H,1-2H3/b15-10-. The van der Waals surface area contributed by atoms with Crippen molar-refractivity contribution in [2.24, 2.45) is 0 Å². The molecule has 0 bridgehead atoms. The first-order valence-corrected chi connectivity index (χ1v) is 8.67. The van der Waals surface area contributed by atoms with Gasteiger partial charge in [-0.2, -0.15) is 0 Å². The molecule has 0 radical (unpaired) electrons. The molecular weight excluding hydrogens is 346 g/mol. The molecule has 0 unspecified atom stereocenters. The third kappa shape index (κ3) is 3.20. The second kappa shape index (κ2) is 6.48. The number of hydrogen-bond donors (Lipinski definition) is 0. The van der Waals surface area contributed by atoms with Gasteiger partial charge in [-0.1, -0.05) is 65.9 Å². The number of para-hydroxylation sites is 1. The largest absolute Gasteiger partial charge is 0.270 e. The van der Waals surface area contributed by atoms with E-state index < -0.39 is 0 Å². The Morgan fingerprint density at radius 3 is 2.43 bits per heavy atom. The van der Waals surface area contributed by atoms with Gasteiger partial charge in [0.2, 0.25) is 0 Å². The minimum absolute atomic E-state index is 0.0858. The molecule has 0 atom stereocenters. The lowest BCUT2D eigenvalue weighted by Crippen LogP contribution is -2.29. The van der Waals surface area contributed by atoms with Crippen molar-refractivity contribution >= 4 is 57.6 Å². The van der Waals surface area contributed by atoms with Gasteiger partial charge < -0.3 is 0 Å². The lowest BCUT2D eigenvalue weighted by atomic mass is 10.1. The van der Waals surface area contributed by atoms with Crippen LogP contribution in [0.5, 0.6) is 0 Å². The highest BCUT2D eigenvalue weighted by atomic mass is 35.5. The summed E-state index contributed by atoms with van der Waals surface area (Å²) in [4.78, 5) is 15.1. The normalized spacial score (nSPS) is 16.5. The number of anilines is 1. The van der Waals surface area contributed by atoms with Crippen molar-refractivity contribution in [3.05, 3.63) is 69.1 Å². The Morgan fingerprint density at radius 1 is 1.13 bits per heavy atom. The van der Waals surface area contributed by atoms with Crippen LogP contribution in [0.15, 0.2) is 47.4 Å². The summed E-state index contributed by atoms with van der Waals surface area (Å²) in [6.45, 7) is 3.98. The van der Waals surface area contributed by atoms with Crippen LogP contribution in [0.3, 0.4) is 0 Å². The summed E-state index contributed by atoms with van der Waals surface area (Å²) < 4.78 is 0.556. The molecule has 1 fully saturated rings. The highest BCUT2D eigenvalue weighted by Gasteiger charge is 2.34. The maximum atomic E-state index is 12.8. The van der Waals surface area contributed by atoms with Gasteiger partial charge in [0.05, 0.1) is 10.6 Å². The van der Waals surface area contributed by atoms with E-state index in [4.69, 9.17) is 23.8 Å². The topological polar surface area (TPSA) is 20.3 Å². The van der Waals surface area contributed by atoms with Crippen molar-refractivity contribution in [3.8, 4) is 0 Å². The SMILES string of the molecule is Cc1cccc(C)c1N1C(=O)/C(=C/c2cccc(Cl)c2)SC1=S. The van der Waals surface area contributed by atoms with Gasteiger partial charge in [0.15, 0.2) is 4.32 Å². The van der Waals surface area contributed by atoms with E-state index in [0.29, 0.717) is 14.2 Å². The molecule has 0 N–H and O–H groups in total. The Labute approximate surface area is 150 Å². The molecule has 5 heteroatoms. The van der Waals surface area contributed by atoms with E-state index in [1.807, 2.05) is 56.3 Å². The van der Waals surface area contributed by atoms with Crippen LogP contribution in [-0.2, 0) is 4.79 Å². The van der Waals surface area contributed by atoms with Crippen LogP contribution in [0.25, 0.3) is 6.08 Å². The molecule has 1 saturated heterocycles. The zero-order valence-corrected chi connectivity index (χ0v) is 15.1. The van der Waals surface area contributed by atoms with Crippen molar-refractivity contribution in [2.75, 3.05) is 4.90 Å². The number of thiocarbonyl (C=S) groups is 1. The van der Waals surface area contributed by atoms with Crippen LogP contribution in [0.1, 0.15) is 16.7 Å². The average molecular weight is 360 g/mol. The van der Waals surface area contributed by atoms with Crippen molar-refractivity contribution in [3.63, 3.8) is 0 Å². The van der Waals surface area contributed by atoms with E-state index >= 15 is 0 Å². The predicted molar refractivity (Wildman–Crippen MR) is 103 cm³/mol. The minimum atomic E-state index is -0.0858. The molecule has 3 rings (SSSR count). The van der Waals surface area contributed by atoms with Gasteiger partial charge in [-0.05, 0) is 48.7 Å². The molecule has 1 heterocycles. The van der Waals surface area contributed by atoms with Gasteiger partial charge in [-0.25, -0.2) is 0 Å². The summed E-state index contributed by atoms with van der Waals surface area (Å²) in [6.07, 6.45) is 1.83. The molecule has 1 aliphatic rings. The smallest absolute Gasteiger partial charge is 0.268 e. The number of hydrogen-bond acceptors (Lipinski definition) is 3. The summed E-state index contributed by atoms with van der Waals surface area (Å²) in [5, 5.41) is 0.643. The summed E-state index contributed by atoms with van der Waals surface area (Å²) in [5.74, 6) is -0.0858. The van der Waals surface area contributed by atoms with Gasteiger partial charge in [0, 0.05) is 5.02 Å². The van der Waals surface area contributed by atoms with E-state index in [9.17, 15) is 4.79 Å². The zero-order chi connectivity index (χ0) is 16.6. The van der Waals surface area contributed by atoms with Crippen LogP contribution < -0.4 is 4.90 Å². The van der Waals surface area contributed by atoms with Gasteiger partial charge in [0.1, 0.15) is 0 Å². The molecular formula is C18H14ClNOS2. The molecule has 116 valence electrons. The van der Waals surface area contributed by atoms with Crippen LogP contribution in [0.4, 0.5) is 5.69 Å². The Hall–Kier alpha value is -1.62. The molecule has 0 saturated carbocycles. The first kappa shape index (κ1) is 16.2. The Balaban J connectivity index is 2.01. The molecule has 1 amide bonds. The third-order valence-corrected chi connectivity index (χ3v) is 5.14. The molecule has 0 aliphatic carbocycles. The quantitative estimate of drug-likeness (QED) is 0.531. The van der Waals surface area contributed by atoms with Gasteiger partial charge >= 0.3 is 0 Å². The van der Waals surface area contributed by atoms with E-state index in [1.165, 1.54) is 11.8 Å². The number of amides is 1. The molecule has 2 aromatic carbocycles. The molecule has 2 nitrogen and oxygen atoms in total. The first-order chi connectivity index (χ1) is 11.0. The number of rotatable bonds is 2. The average Bonchev–Trinajstić information content (AvgIpc) is 2.75. The molecule has 23 heavy (non-hydrogen) atoms. The number of halogens is 1. The van der Waals surface area contributed by atoms with Crippen LogP contribution in [0, 0.1) is 13.8 Å². The van der Waals surface area contributed by atoms with E-state index in [2.05, 4.69) is 0 Å². The Morgan fingerprint density at radius 2 is 1.78 bits per heavy atom. The lowest BCUT2D eigenvalue weighted by molar-refractivity contribution is -0.113. The number of nitrogens with zero attached hydrogens (tertiary/aromatic N) is 1. The maximum absolute atomic E-state index is 12.8. The second-order valence-corrected chi connectivity index (χ2v) is 7.42. The van der Waals surface area contributed by atoms with Crippen molar-refractivity contribution in [1.29, 1.82) is 0 Å². The third-order valence-electron chi connectivity index (χ3n) is 3.60. The van der Waals surface area contributed by atoms with Gasteiger partial charge in [-0.15, -0.1) is 0 Å². The molecule has 0 spiro atoms. The Kier molecular flexibility index (Phi) is 4.57. The second-order valence-electron chi connectivity index (χ2n) is 5.31. The van der Waals surface area contributed by atoms with E-state index in [1.54, 1.807) is 11.0 Å². The highest BCUT2D eigenvalue weighted by molar-refractivity contribution is 8.27. The predicted octanol–water partition coefficient (Wildman–Crippen LogP) is 5.36. The number of carbonyl (C=O) groups excluding carboxylic acids is 1. The number of thioether (sulfide) groups is 1. The number of carbonyl (C=O) groups is 1. The van der Waals surface area contributed by atoms with Crippen molar-refractivity contribution < 1.29 is 4.79 Å². The van der Waals surface area contributed by atoms with Crippen LogP contribution in [0.2, 0.25) is 5.02 Å². The number of aryl methyl sites for hydroxylation is 2. The summed E-state index contributed by atoms with van der Waals surface area (Å²) in [6, 6.07) is 13.4. The molecule has 1 aliphatic heterocycles. The van der Waals surface area contributed by atoms with Crippen molar-refractivity contribution in [1.82, 2.24) is 0 Å². The first-order valence-electron chi connectivity index (χ1n) is 7.07. The lowest BCUT2D eigenvalue weighted by Gasteiger charge is -2.19. The molecule has 0 aromatic heterocycles. The van der Waals surface area contributed by atoms with Gasteiger partial charge in [0.25, 0.3) is 5.91 Å². The van der Waals surface area contributed by atoms with Crippen LogP contribution in [-0.4, -0.2) is 10.2 Å². The zero-order valence-electron chi connectivity index (χ0n) is 12.7. The van der Waals surface area contributed by atoms with E-state index in [0.717, 1.165) is 22.4 Å². The maximum Gasteiger partial charge on any atom is 0.270 e. The Bertz CT molecular complexity index is 824. The van der Waals surface area contributed by atoms with Crippen LogP contribution >= 0.6 is 35.6 Å². The monoisotopic (exact) mass is 359 g/mol. The number of benzene rings is 2. The fourth-order valence-corrected chi connectivity index (χ4v) is 4.04. The summed E-state index contributed by atoms with van der Waals surface area (Å²) in [5.41, 5.74) is 3.83. The summed E-state index contributed by atoms with van der Waals surface area (Å²) in [7, 11) is 0. The van der Waals surface area contributed by atoms with Gasteiger partial charge in [-0.3, -0.25) is 9.69 Å². The molecule has 2 aromatic rings. The minimum Gasteiger partial charge on any atom is -0.268 e. The van der Waals surface area contributed by atoms with Crippen molar-refractivity contribution in [2.45, 2.75) is 13.8 Å². The van der Waals surface area contributed by atoms with E-state index in [-0.39, 0.29) is 5.91 Å². The fraction of sp³-hybridized carbons (Fsp3) is 0.111. The highest BCUT2D eigenvalue weighted by Crippen LogP contribution is 2.38. The fourth-order valence-electron chi connectivity index (χ4n) is 2.57. The summed E-state index contributed by atoms with van der Waals surface area (Å²) >= 11 is 12.8.